The minimum atomic E-state index is -0.395. The first-order chi connectivity index (χ1) is 6.66. The number of ether oxygens (including phenoxy) is 1. The van der Waals surface area contributed by atoms with Gasteiger partial charge in [0.25, 0.3) is 0 Å². The molecule has 0 heterocycles. The molecular weight excluding hydrogens is 180 g/mol. The highest BCUT2D eigenvalue weighted by molar-refractivity contribution is 5.82. The molecule has 0 spiro atoms. The van der Waals surface area contributed by atoms with Gasteiger partial charge in [-0.2, -0.15) is 0 Å². The summed E-state index contributed by atoms with van der Waals surface area (Å²) in [6.45, 7) is 5.48. The fourth-order valence-electron chi connectivity index (χ4n) is 1.41. The molecule has 4 heteroatoms. The summed E-state index contributed by atoms with van der Waals surface area (Å²) in [6, 6.07) is 0. The topological polar surface area (TPSA) is 64.4 Å². The smallest absolute Gasteiger partial charge is 0.227 e. The lowest BCUT2D eigenvalue weighted by molar-refractivity contribution is -0.131. The van der Waals surface area contributed by atoms with Crippen LogP contribution in [0.15, 0.2) is 0 Å². The van der Waals surface area contributed by atoms with Crippen molar-refractivity contribution in [3.8, 4) is 0 Å². The van der Waals surface area contributed by atoms with Gasteiger partial charge in [-0.3, -0.25) is 4.79 Å². The zero-order valence-electron chi connectivity index (χ0n) is 9.43. The molecule has 0 saturated carbocycles. The normalized spacial score (nSPS) is 11.4. The molecule has 0 radical (unpaired) electrons. The van der Waals surface area contributed by atoms with Crippen LogP contribution in [-0.4, -0.2) is 32.7 Å². The predicted octanol–water partition coefficient (Wildman–Crippen LogP) is 0.514. The fraction of sp³-hybridized carbons (Fsp3) is 0.900. The van der Waals surface area contributed by atoms with Crippen LogP contribution in [0.2, 0.25) is 0 Å². The van der Waals surface area contributed by atoms with Gasteiger partial charge in [0.05, 0.1) is 12.0 Å². The monoisotopic (exact) mass is 202 g/mol. The molecule has 0 rings (SSSR count). The molecular formula is C10H22N2O2. The SMILES string of the molecule is CCC(CC)(CN)C(=O)NCCOC. The van der Waals surface area contributed by atoms with Crippen molar-refractivity contribution in [2.24, 2.45) is 11.1 Å². The molecule has 0 aromatic heterocycles. The Kier molecular flexibility index (Phi) is 6.49. The Morgan fingerprint density at radius 1 is 1.43 bits per heavy atom. The third-order valence-electron chi connectivity index (χ3n) is 2.82. The number of rotatable bonds is 7. The molecule has 0 aliphatic rings. The summed E-state index contributed by atoms with van der Waals surface area (Å²) in [6.07, 6.45) is 1.55. The third-order valence-corrected chi connectivity index (χ3v) is 2.82. The molecule has 0 aromatic rings. The van der Waals surface area contributed by atoms with Gasteiger partial charge in [0.2, 0.25) is 5.91 Å². The van der Waals surface area contributed by atoms with Gasteiger partial charge in [-0.05, 0) is 12.8 Å². The maximum Gasteiger partial charge on any atom is 0.227 e. The average Bonchev–Trinajstić information content (AvgIpc) is 2.22. The van der Waals surface area contributed by atoms with Crippen molar-refractivity contribution >= 4 is 5.91 Å². The van der Waals surface area contributed by atoms with E-state index < -0.39 is 5.41 Å². The molecule has 0 aromatic carbocycles. The van der Waals surface area contributed by atoms with Crippen molar-refractivity contribution in [1.29, 1.82) is 0 Å². The maximum absolute atomic E-state index is 11.8. The lowest BCUT2D eigenvalue weighted by Gasteiger charge is -2.28. The van der Waals surface area contributed by atoms with Crippen molar-refractivity contribution in [2.45, 2.75) is 26.7 Å². The van der Waals surface area contributed by atoms with Crippen LogP contribution in [0.25, 0.3) is 0 Å². The first kappa shape index (κ1) is 13.4. The van der Waals surface area contributed by atoms with E-state index in [4.69, 9.17) is 10.5 Å². The first-order valence-electron chi connectivity index (χ1n) is 5.14. The number of hydrogen-bond donors (Lipinski definition) is 2. The lowest BCUT2D eigenvalue weighted by atomic mass is 9.81. The van der Waals surface area contributed by atoms with E-state index in [-0.39, 0.29) is 5.91 Å². The molecule has 0 bridgehead atoms. The summed E-state index contributed by atoms with van der Waals surface area (Å²) in [7, 11) is 1.61. The Morgan fingerprint density at radius 2 is 2.00 bits per heavy atom. The quantitative estimate of drug-likeness (QED) is 0.591. The second-order valence-corrected chi connectivity index (χ2v) is 3.44. The van der Waals surface area contributed by atoms with E-state index in [0.29, 0.717) is 19.7 Å². The molecule has 0 aliphatic heterocycles. The lowest BCUT2D eigenvalue weighted by Crippen LogP contribution is -2.46. The number of carbonyl (C=O) groups excluding carboxylic acids is 1. The zero-order chi connectivity index (χ0) is 11.0. The van der Waals surface area contributed by atoms with E-state index in [1.54, 1.807) is 7.11 Å². The van der Waals surface area contributed by atoms with E-state index in [1.807, 2.05) is 13.8 Å². The van der Waals surface area contributed by atoms with Gasteiger partial charge in [-0.1, -0.05) is 13.8 Å². The summed E-state index contributed by atoms with van der Waals surface area (Å²) in [4.78, 5) is 11.8. The van der Waals surface area contributed by atoms with Crippen molar-refractivity contribution in [2.75, 3.05) is 26.8 Å². The summed E-state index contributed by atoms with van der Waals surface area (Å²) in [5, 5.41) is 2.83. The molecule has 4 nitrogen and oxygen atoms in total. The number of methoxy groups -OCH3 is 1. The van der Waals surface area contributed by atoms with Gasteiger partial charge in [-0.15, -0.1) is 0 Å². The van der Waals surface area contributed by atoms with Crippen molar-refractivity contribution in [1.82, 2.24) is 5.32 Å². The van der Waals surface area contributed by atoms with E-state index in [9.17, 15) is 4.79 Å². The second-order valence-electron chi connectivity index (χ2n) is 3.44. The van der Waals surface area contributed by atoms with E-state index in [2.05, 4.69) is 5.32 Å². The summed E-state index contributed by atoms with van der Waals surface area (Å²) in [5.74, 6) is 0.0436. The predicted molar refractivity (Wildman–Crippen MR) is 57.0 cm³/mol. The zero-order valence-corrected chi connectivity index (χ0v) is 9.43. The van der Waals surface area contributed by atoms with Gasteiger partial charge in [-0.25, -0.2) is 0 Å². The molecule has 0 saturated heterocycles. The van der Waals surface area contributed by atoms with Crippen molar-refractivity contribution < 1.29 is 9.53 Å². The van der Waals surface area contributed by atoms with E-state index in [1.165, 1.54) is 0 Å². The molecule has 3 N–H and O–H groups in total. The Morgan fingerprint density at radius 3 is 2.36 bits per heavy atom. The van der Waals surface area contributed by atoms with Gasteiger partial charge < -0.3 is 15.8 Å². The molecule has 0 atom stereocenters. The number of nitrogens with one attached hydrogen (secondary N) is 1. The highest BCUT2D eigenvalue weighted by atomic mass is 16.5. The Hall–Kier alpha value is -0.610. The highest BCUT2D eigenvalue weighted by Crippen LogP contribution is 2.24. The van der Waals surface area contributed by atoms with E-state index in [0.717, 1.165) is 12.8 Å². The molecule has 0 unspecified atom stereocenters. The maximum atomic E-state index is 11.8. The first-order valence-corrected chi connectivity index (χ1v) is 5.14. The largest absolute Gasteiger partial charge is 0.383 e. The molecule has 1 amide bonds. The number of amides is 1. The van der Waals surface area contributed by atoms with Crippen LogP contribution in [0.5, 0.6) is 0 Å². The third kappa shape index (κ3) is 3.27. The number of hydrogen-bond acceptors (Lipinski definition) is 3. The van der Waals surface area contributed by atoms with Gasteiger partial charge in [0.15, 0.2) is 0 Å². The minimum Gasteiger partial charge on any atom is -0.383 e. The Bertz CT molecular complexity index is 159. The Balaban J connectivity index is 4.15. The molecule has 84 valence electrons. The van der Waals surface area contributed by atoms with Crippen LogP contribution in [0.3, 0.4) is 0 Å². The van der Waals surface area contributed by atoms with Gasteiger partial charge >= 0.3 is 0 Å². The van der Waals surface area contributed by atoms with Crippen LogP contribution >= 0.6 is 0 Å². The van der Waals surface area contributed by atoms with Gasteiger partial charge in [0, 0.05) is 20.2 Å². The Labute approximate surface area is 86.2 Å². The number of carbonyl (C=O) groups is 1. The second kappa shape index (κ2) is 6.79. The highest BCUT2D eigenvalue weighted by Gasteiger charge is 2.32. The standard InChI is InChI=1S/C10H22N2O2/c1-4-10(5-2,8-11)9(13)12-6-7-14-3/h4-8,11H2,1-3H3,(H,12,13). The van der Waals surface area contributed by atoms with Crippen molar-refractivity contribution in [3.63, 3.8) is 0 Å². The van der Waals surface area contributed by atoms with Crippen LogP contribution in [0, 0.1) is 5.41 Å². The molecule has 0 aliphatic carbocycles. The number of nitrogens with two attached hydrogens (primary N) is 1. The summed E-state index contributed by atoms with van der Waals surface area (Å²) < 4.78 is 4.86. The van der Waals surface area contributed by atoms with Crippen LogP contribution in [0.1, 0.15) is 26.7 Å². The summed E-state index contributed by atoms with van der Waals surface area (Å²) in [5.41, 5.74) is 5.25. The van der Waals surface area contributed by atoms with Crippen LogP contribution < -0.4 is 11.1 Å². The van der Waals surface area contributed by atoms with E-state index >= 15 is 0 Å². The summed E-state index contributed by atoms with van der Waals surface area (Å²) >= 11 is 0. The van der Waals surface area contributed by atoms with Gasteiger partial charge in [0.1, 0.15) is 0 Å². The fourth-order valence-corrected chi connectivity index (χ4v) is 1.41. The molecule has 14 heavy (non-hydrogen) atoms. The van der Waals surface area contributed by atoms with Crippen LogP contribution in [0.4, 0.5) is 0 Å². The minimum absolute atomic E-state index is 0.0436. The molecule has 0 fully saturated rings. The average molecular weight is 202 g/mol. The van der Waals surface area contributed by atoms with Crippen molar-refractivity contribution in [3.05, 3.63) is 0 Å². The van der Waals surface area contributed by atoms with Crippen LogP contribution in [-0.2, 0) is 9.53 Å².